The Balaban J connectivity index is 2.43. The lowest BCUT2D eigenvalue weighted by Crippen LogP contribution is -2.49. The van der Waals surface area contributed by atoms with Gasteiger partial charge in [0.25, 0.3) is 5.53 Å². The summed E-state index contributed by atoms with van der Waals surface area (Å²) in [4.78, 5) is 0. The summed E-state index contributed by atoms with van der Waals surface area (Å²) in [6.07, 6.45) is 0. The molecule has 0 aliphatic heterocycles. The van der Waals surface area contributed by atoms with Crippen LogP contribution in [0.25, 0.3) is 0 Å². The maximum absolute atomic E-state index is 6.43. The summed E-state index contributed by atoms with van der Waals surface area (Å²) in [5.74, 6) is 0. The molecule has 0 aliphatic rings. The summed E-state index contributed by atoms with van der Waals surface area (Å²) in [5, 5.41) is 3.77. The van der Waals surface area contributed by atoms with Crippen LogP contribution >= 0.6 is 7.26 Å². The van der Waals surface area contributed by atoms with Gasteiger partial charge < -0.3 is 9.47 Å². The molecule has 0 spiro atoms. The van der Waals surface area contributed by atoms with Gasteiger partial charge in [-0.3, -0.25) is 0 Å². The van der Waals surface area contributed by atoms with Crippen molar-refractivity contribution in [3.05, 3.63) is 91.0 Å². The second kappa shape index (κ2) is 8.80. The van der Waals surface area contributed by atoms with Crippen LogP contribution in [0.2, 0.25) is 0 Å². The second-order valence-corrected chi connectivity index (χ2v) is 10.1. The van der Waals surface area contributed by atoms with E-state index in [0.29, 0.717) is 13.2 Å². The Morgan fingerprint density at radius 3 is 1.15 bits per heavy atom. The molecule has 3 rings (SSSR count). The van der Waals surface area contributed by atoms with Gasteiger partial charge in [-0.2, -0.15) is 0 Å². The van der Waals surface area contributed by atoms with Crippen LogP contribution in [-0.4, -0.2) is 18.7 Å². The third kappa shape index (κ3) is 3.58. The molecule has 2 nitrogen and oxygen atoms in total. The van der Waals surface area contributed by atoms with E-state index in [1.54, 1.807) is 0 Å². The minimum Gasteiger partial charge on any atom is -0.319 e. The Labute approximate surface area is 163 Å². The monoisotopic (exact) mass is 379 g/mol. The summed E-state index contributed by atoms with van der Waals surface area (Å²) >= 11 is 0. The predicted octanol–water partition coefficient (Wildman–Crippen LogP) is 4.73. The molecule has 27 heavy (non-hydrogen) atoms. The van der Waals surface area contributed by atoms with Crippen LogP contribution in [-0.2, 0) is 9.47 Å². The van der Waals surface area contributed by atoms with Crippen molar-refractivity contribution in [1.29, 1.82) is 0 Å². The number of hydrogen-bond donors (Lipinski definition) is 0. The van der Waals surface area contributed by atoms with Crippen LogP contribution in [0.3, 0.4) is 0 Å². The molecule has 0 fully saturated rings. The third-order valence-electron chi connectivity index (χ3n) is 4.86. The van der Waals surface area contributed by atoms with Gasteiger partial charge in [-0.25, -0.2) is 0 Å². The van der Waals surface area contributed by atoms with Crippen LogP contribution in [0.4, 0.5) is 0 Å². The SMILES string of the molecule is CCOC(C)(OCC)[P+](c1ccccc1)(c1ccccc1)c1ccccc1. The van der Waals surface area contributed by atoms with Crippen molar-refractivity contribution in [2.24, 2.45) is 0 Å². The first-order valence-corrected chi connectivity index (χ1v) is 11.3. The standard InChI is InChI=1S/C24H28O2P/c1-4-25-24(3,26-5-2)27(21-15-9-6-10-16-21,22-17-11-7-12-18-22)23-19-13-8-14-20-23/h6-20H,4-5H2,1-3H3/q+1. The van der Waals surface area contributed by atoms with Gasteiger partial charge in [0.05, 0.1) is 13.2 Å². The number of benzene rings is 3. The molecule has 0 atom stereocenters. The Hall–Kier alpha value is -1.99. The predicted molar refractivity (Wildman–Crippen MR) is 117 cm³/mol. The normalized spacial score (nSPS) is 12.1. The maximum Gasteiger partial charge on any atom is 0.295 e. The lowest BCUT2D eigenvalue weighted by atomic mass is 10.4. The van der Waals surface area contributed by atoms with Gasteiger partial charge in [0, 0.05) is 6.92 Å². The number of hydrogen-bond acceptors (Lipinski definition) is 2. The first-order chi connectivity index (χ1) is 13.2. The quantitative estimate of drug-likeness (QED) is 0.416. The average Bonchev–Trinajstić information content (AvgIpc) is 2.71. The lowest BCUT2D eigenvalue weighted by Gasteiger charge is -2.41. The zero-order chi connectivity index (χ0) is 19.2. The molecule has 3 aromatic rings. The van der Waals surface area contributed by atoms with Gasteiger partial charge in [0.2, 0.25) is 0 Å². The highest BCUT2D eigenvalue weighted by Crippen LogP contribution is 2.66. The van der Waals surface area contributed by atoms with E-state index in [9.17, 15) is 0 Å². The van der Waals surface area contributed by atoms with Gasteiger partial charge in [0.1, 0.15) is 15.9 Å². The van der Waals surface area contributed by atoms with Gasteiger partial charge in [-0.1, -0.05) is 54.6 Å². The third-order valence-corrected chi connectivity index (χ3v) is 9.56. The molecule has 0 radical (unpaired) electrons. The fourth-order valence-corrected chi connectivity index (χ4v) is 8.68. The van der Waals surface area contributed by atoms with Crippen molar-refractivity contribution in [1.82, 2.24) is 0 Å². The number of rotatable bonds is 8. The van der Waals surface area contributed by atoms with Crippen LogP contribution in [0, 0.1) is 0 Å². The van der Waals surface area contributed by atoms with Crippen molar-refractivity contribution in [3.8, 4) is 0 Å². The van der Waals surface area contributed by atoms with Crippen LogP contribution in [0.1, 0.15) is 20.8 Å². The largest absolute Gasteiger partial charge is 0.319 e. The molecule has 0 bridgehead atoms. The average molecular weight is 379 g/mol. The molecule has 0 aromatic heterocycles. The molecule has 0 amide bonds. The van der Waals surface area contributed by atoms with Crippen molar-refractivity contribution < 1.29 is 9.47 Å². The Morgan fingerprint density at radius 2 is 0.889 bits per heavy atom. The Kier molecular flexibility index (Phi) is 6.44. The first-order valence-electron chi connectivity index (χ1n) is 9.53. The Morgan fingerprint density at radius 1 is 0.593 bits per heavy atom. The van der Waals surface area contributed by atoms with E-state index in [0.717, 1.165) is 0 Å². The van der Waals surface area contributed by atoms with E-state index in [-0.39, 0.29) is 0 Å². The molecule has 0 saturated carbocycles. The summed E-state index contributed by atoms with van der Waals surface area (Å²) < 4.78 is 12.9. The fraction of sp³-hybridized carbons (Fsp3) is 0.250. The zero-order valence-electron chi connectivity index (χ0n) is 16.3. The molecule has 3 heteroatoms. The molecule has 0 saturated heterocycles. The van der Waals surface area contributed by atoms with E-state index in [1.165, 1.54) is 15.9 Å². The summed E-state index contributed by atoms with van der Waals surface area (Å²) in [5.41, 5.74) is -0.763. The van der Waals surface area contributed by atoms with E-state index in [2.05, 4.69) is 97.9 Å². The van der Waals surface area contributed by atoms with Gasteiger partial charge in [-0.15, -0.1) is 0 Å². The molecule has 0 N–H and O–H groups in total. The molecule has 0 unspecified atom stereocenters. The second-order valence-electron chi connectivity index (χ2n) is 6.44. The van der Waals surface area contributed by atoms with Gasteiger partial charge in [-0.05, 0) is 50.2 Å². The van der Waals surface area contributed by atoms with E-state index >= 15 is 0 Å². The highest BCUT2D eigenvalue weighted by atomic mass is 31.2. The van der Waals surface area contributed by atoms with Crippen molar-refractivity contribution >= 4 is 23.2 Å². The molecule has 0 aliphatic carbocycles. The molecular weight excluding hydrogens is 351 g/mol. The fourth-order valence-electron chi connectivity index (χ4n) is 3.88. The first kappa shape index (κ1) is 19.8. The molecule has 3 aromatic carbocycles. The van der Waals surface area contributed by atoms with Crippen molar-refractivity contribution in [3.63, 3.8) is 0 Å². The van der Waals surface area contributed by atoms with Crippen molar-refractivity contribution in [2.75, 3.05) is 13.2 Å². The lowest BCUT2D eigenvalue weighted by molar-refractivity contribution is -0.157. The minimum atomic E-state index is -2.25. The van der Waals surface area contributed by atoms with E-state index in [4.69, 9.17) is 9.47 Å². The molecular formula is C24H28O2P+. The summed E-state index contributed by atoms with van der Waals surface area (Å²) in [6.45, 7) is 7.36. The molecule has 140 valence electrons. The maximum atomic E-state index is 6.43. The smallest absolute Gasteiger partial charge is 0.295 e. The van der Waals surface area contributed by atoms with Crippen LogP contribution in [0.5, 0.6) is 0 Å². The van der Waals surface area contributed by atoms with E-state index in [1.807, 2.05) is 13.8 Å². The summed E-state index contributed by atoms with van der Waals surface area (Å²) in [7, 11) is -2.25. The number of ether oxygens (including phenoxy) is 2. The zero-order valence-corrected chi connectivity index (χ0v) is 17.2. The highest BCUT2D eigenvalue weighted by molar-refractivity contribution is 7.96. The van der Waals surface area contributed by atoms with Gasteiger partial charge in [0.15, 0.2) is 7.26 Å². The van der Waals surface area contributed by atoms with Crippen LogP contribution in [0.15, 0.2) is 91.0 Å². The van der Waals surface area contributed by atoms with Crippen molar-refractivity contribution in [2.45, 2.75) is 26.3 Å². The van der Waals surface area contributed by atoms with E-state index < -0.39 is 12.8 Å². The minimum absolute atomic E-state index is 0.588. The summed E-state index contributed by atoms with van der Waals surface area (Å²) in [6, 6.07) is 32.1. The Bertz CT molecular complexity index is 716. The highest BCUT2D eigenvalue weighted by Gasteiger charge is 2.62. The molecule has 0 heterocycles. The van der Waals surface area contributed by atoms with Crippen LogP contribution < -0.4 is 15.9 Å². The topological polar surface area (TPSA) is 18.5 Å². The van der Waals surface area contributed by atoms with Gasteiger partial charge >= 0.3 is 0 Å².